The van der Waals surface area contributed by atoms with Crippen LogP contribution in [0, 0.1) is 0 Å². The predicted octanol–water partition coefficient (Wildman–Crippen LogP) is 2.49. The Labute approximate surface area is 146 Å². The van der Waals surface area contributed by atoms with Crippen LogP contribution in [0.2, 0.25) is 5.02 Å². The lowest BCUT2D eigenvalue weighted by Crippen LogP contribution is -2.27. The summed E-state index contributed by atoms with van der Waals surface area (Å²) < 4.78 is 26.1. The maximum atomic E-state index is 11.8. The van der Waals surface area contributed by atoms with Gasteiger partial charge in [-0.05, 0) is 31.0 Å². The summed E-state index contributed by atoms with van der Waals surface area (Å²) in [6.07, 6.45) is 3.59. The van der Waals surface area contributed by atoms with Crippen molar-refractivity contribution in [3.8, 4) is 0 Å². The Hall–Kier alpha value is -1.70. The van der Waals surface area contributed by atoms with Crippen LogP contribution in [-0.2, 0) is 16.6 Å². The number of rotatable bonds is 6. The minimum Gasteiger partial charge on any atom is -0.356 e. The van der Waals surface area contributed by atoms with Crippen LogP contribution in [0.25, 0.3) is 10.9 Å². The summed E-state index contributed by atoms with van der Waals surface area (Å²) in [6.45, 7) is 5.36. The zero-order valence-electron chi connectivity index (χ0n) is 13.2. The average Bonchev–Trinajstić information content (AvgIpc) is 3.06. The number of hydrogen-bond acceptors (Lipinski definition) is 5. The lowest BCUT2D eigenvalue weighted by atomic mass is 10.2. The van der Waals surface area contributed by atoms with Crippen LogP contribution in [0.4, 0.5) is 5.82 Å². The molecule has 2 aromatic rings. The monoisotopic (exact) mass is 366 g/mol. The second-order valence-electron chi connectivity index (χ2n) is 5.71. The fraction of sp³-hybridized carbons (Fsp3) is 0.375. The number of aromatic nitrogens is 2. The largest absolute Gasteiger partial charge is 0.356 e. The number of sulfonamides is 1. The Bertz CT molecular complexity index is 864. The molecule has 0 saturated carbocycles. The number of halogens is 1. The summed E-state index contributed by atoms with van der Waals surface area (Å²) in [7, 11) is -3.40. The second-order valence-corrected chi connectivity index (χ2v) is 8.00. The molecule has 1 N–H and O–H groups in total. The molecule has 0 atom stereocenters. The summed E-state index contributed by atoms with van der Waals surface area (Å²) in [5.74, 6) is 1.13. The van der Waals surface area contributed by atoms with Crippen LogP contribution >= 0.6 is 11.6 Å². The van der Waals surface area contributed by atoms with E-state index >= 15 is 0 Å². The first-order valence-electron chi connectivity index (χ1n) is 7.78. The third kappa shape index (κ3) is 3.85. The molecule has 6 nitrogen and oxygen atoms in total. The summed E-state index contributed by atoms with van der Waals surface area (Å²) in [4.78, 5) is 11.2. The molecule has 1 aromatic heterocycles. The maximum Gasteiger partial charge on any atom is 0.215 e. The van der Waals surface area contributed by atoms with Crippen molar-refractivity contribution in [2.75, 3.05) is 23.7 Å². The van der Waals surface area contributed by atoms with E-state index in [9.17, 15) is 8.42 Å². The van der Waals surface area contributed by atoms with Gasteiger partial charge in [0.25, 0.3) is 0 Å². The van der Waals surface area contributed by atoms with Gasteiger partial charge in [-0.2, -0.15) is 0 Å². The van der Waals surface area contributed by atoms with E-state index in [0.29, 0.717) is 10.8 Å². The Morgan fingerprint density at radius 2 is 2.04 bits per heavy atom. The van der Waals surface area contributed by atoms with Crippen molar-refractivity contribution < 1.29 is 8.42 Å². The lowest BCUT2D eigenvalue weighted by molar-refractivity contribution is 0.582. The van der Waals surface area contributed by atoms with Crippen LogP contribution in [0.1, 0.15) is 18.7 Å². The lowest BCUT2D eigenvalue weighted by Gasteiger charge is -2.19. The highest BCUT2D eigenvalue weighted by Crippen LogP contribution is 2.29. The molecule has 128 valence electrons. The topological polar surface area (TPSA) is 75.2 Å². The Balaban J connectivity index is 1.97. The highest BCUT2D eigenvalue weighted by molar-refractivity contribution is 7.89. The van der Waals surface area contributed by atoms with Crippen LogP contribution in [-0.4, -0.2) is 37.2 Å². The first-order valence-corrected chi connectivity index (χ1v) is 9.81. The molecule has 0 unspecified atom stereocenters. The van der Waals surface area contributed by atoms with Crippen molar-refractivity contribution in [3.63, 3.8) is 0 Å². The molecule has 8 heteroatoms. The molecule has 2 heterocycles. The van der Waals surface area contributed by atoms with Crippen LogP contribution < -0.4 is 9.62 Å². The van der Waals surface area contributed by atoms with Crippen molar-refractivity contribution in [1.82, 2.24) is 14.7 Å². The van der Waals surface area contributed by atoms with Crippen molar-refractivity contribution in [2.45, 2.75) is 19.4 Å². The Kier molecular flexibility index (Phi) is 5.03. The summed E-state index contributed by atoms with van der Waals surface area (Å²) >= 11 is 6.12. The molecule has 1 saturated heterocycles. The van der Waals surface area contributed by atoms with E-state index in [1.54, 1.807) is 6.07 Å². The van der Waals surface area contributed by atoms with Gasteiger partial charge in [-0.3, -0.25) is 0 Å². The smallest absolute Gasteiger partial charge is 0.215 e. The third-order valence-electron chi connectivity index (χ3n) is 3.88. The maximum absolute atomic E-state index is 11.8. The zero-order chi connectivity index (χ0) is 17.2. The minimum atomic E-state index is -3.40. The van der Waals surface area contributed by atoms with Gasteiger partial charge in [-0.15, -0.1) is 6.58 Å². The van der Waals surface area contributed by atoms with Crippen LogP contribution in [0.5, 0.6) is 0 Å². The van der Waals surface area contributed by atoms with E-state index < -0.39 is 10.0 Å². The van der Waals surface area contributed by atoms with Gasteiger partial charge in [0.15, 0.2) is 0 Å². The van der Waals surface area contributed by atoms with Gasteiger partial charge in [0.05, 0.1) is 17.8 Å². The molecule has 0 spiro atoms. The summed E-state index contributed by atoms with van der Waals surface area (Å²) in [6, 6.07) is 5.47. The van der Waals surface area contributed by atoms with E-state index in [1.165, 1.54) is 6.08 Å². The molecule has 0 radical (unpaired) electrons. The Morgan fingerprint density at radius 1 is 1.29 bits per heavy atom. The number of benzene rings is 1. The van der Waals surface area contributed by atoms with E-state index in [4.69, 9.17) is 11.6 Å². The van der Waals surface area contributed by atoms with Crippen LogP contribution in [0.3, 0.4) is 0 Å². The van der Waals surface area contributed by atoms with E-state index in [0.717, 1.165) is 42.7 Å². The first kappa shape index (κ1) is 17.1. The summed E-state index contributed by atoms with van der Waals surface area (Å²) in [5.41, 5.74) is 0.759. The highest BCUT2D eigenvalue weighted by Gasteiger charge is 2.19. The van der Waals surface area contributed by atoms with E-state index in [-0.39, 0.29) is 12.3 Å². The van der Waals surface area contributed by atoms with E-state index in [1.807, 2.05) is 12.1 Å². The molecule has 1 aliphatic heterocycles. The van der Waals surface area contributed by atoms with Gasteiger partial charge in [0.1, 0.15) is 11.6 Å². The molecule has 24 heavy (non-hydrogen) atoms. The minimum absolute atomic E-state index is 0.0512. The molecular weight excluding hydrogens is 348 g/mol. The van der Waals surface area contributed by atoms with E-state index in [2.05, 4.69) is 26.2 Å². The van der Waals surface area contributed by atoms with Crippen molar-refractivity contribution in [1.29, 1.82) is 0 Å². The molecule has 1 aromatic carbocycles. The molecular formula is C16H19ClN4O2S. The number of nitrogens with one attached hydrogen (secondary N) is 1. The number of fused-ring (bicyclic) bond motifs is 1. The van der Waals surface area contributed by atoms with Crippen molar-refractivity contribution in [3.05, 3.63) is 41.7 Å². The Morgan fingerprint density at radius 3 is 2.75 bits per heavy atom. The highest BCUT2D eigenvalue weighted by atomic mass is 35.5. The third-order valence-corrected chi connectivity index (χ3v) is 5.37. The van der Waals surface area contributed by atoms with Gasteiger partial charge < -0.3 is 4.90 Å². The SMILES string of the molecule is C=CCS(=O)(=O)NCc1nc(N2CCCC2)c2cc(Cl)ccc2n1. The molecule has 3 rings (SSSR count). The van der Waals surface area contributed by atoms with Gasteiger partial charge in [0, 0.05) is 23.5 Å². The number of nitrogens with zero attached hydrogens (tertiary/aromatic N) is 3. The van der Waals surface area contributed by atoms with Gasteiger partial charge >= 0.3 is 0 Å². The van der Waals surface area contributed by atoms with Gasteiger partial charge in [-0.1, -0.05) is 17.7 Å². The standard InChI is InChI=1S/C16H19ClN4O2S/c1-2-9-24(22,23)18-11-15-19-14-6-5-12(17)10-13(14)16(20-15)21-7-3-4-8-21/h2,5-6,10,18H,1,3-4,7-9,11H2. The molecule has 0 aliphatic carbocycles. The molecule has 1 fully saturated rings. The molecule has 0 amide bonds. The fourth-order valence-electron chi connectivity index (χ4n) is 2.77. The molecule has 1 aliphatic rings. The average molecular weight is 367 g/mol. The van der Waals surface area contributed by atoms with Crippen molar-refractivity contribution >= 4 is 38.3 Å². The normalized spacial score (nSPS) is 15.1. The number of anilines is 1. The van der Waals surface area contributed by atoms with Crippen LogP contribution in [0.15, 0.2) is 30.9 Å². The fourth-order valence-corrected chi connectivity index (χ4v) is 3.72. The quantitative estimate of drug-likeness (QED) is 0.795. The predicted molar refractivity (Wildman–Crippen MR) is 96.8 cm³/mol. The summed E-state index contributed by atoms with van der Waals surface area (Å²) in [5, 5.41) is 1.52. The van der Waals surface area contributed by atoms with Crippen molar-refractivity contribution in [2.24, 2.45) is 0 Å². The van der Waals surface area contributed by atoms with Gasteiger partial charge in [0.2, 0.25) is 10.0 Å². The second kappa shape index (κ2) is 7.04. The first-order chi connectivity index (χ1) is 11.5. The molecule has 0 bridgehead atoms. The van der Waals surface area contributed by atoms with Gasteiger partial charge in [-0.25, -0.2) is 23.1 Å². The zero-order valence-corrected chi connectivity index (χ0v) is 14.8. The number of hydrogen-bond donors (Lipinski definition) is 1.